The highest BCUT2D eigenvalue weighted by molar-refractivity contribution is 4.96. The summed E-state index contributed by atoms with van der Waals surface area (Å²) in [5, 5.41) is 12.3. The molecule has 0 radical (unpaired) electrons. The van der Waals surface area contributed by atoms with Crippen LogP contribution in [0.2, 0.25) is 0 Å². The first-order chi connectivity index (χ1) is 7.29. The fourth-order valence-corrected chi connectivity index (χ4v) is 1.63. The zero-order valence-corrected chi connectivity index (χ0v) is 8.98. The average molecular weight is 204 g/mol. The monoisotopic (exact) mass is 204 g/mol. The fourth-order valence-electron chi connectivity index (χ4n) is 1.63. The number of nitrogens with one attached hydrogen (secondary N) is 1. The van der Waals surface area contributed by atoms with Crippen molar-refractivity contribution in [1.29, 1.82) is 5.26 Å². The largest absolute Gasteiger partial charge is 0.335 e. The van der Waals surface area contributed by atoms with Crippen LogP contribution < -0.4 is 5.32 Å². The molecule has 0 spiro atoms. The smallest absolute Gasteiger partial charge is 0.105 e. The second-order valence-electron chi connectivity index (χ2n) is 4.08. The number of aromatic nitrogens is 2. The third kappa shape index (κ3) is 2.80. The molecule has 1 aliphatic rings. The van der Waals surface area contributed by atoms with E-state index in [0.717, 1.165) is 18.8 Å². The molecule has 1 fully saturated rings. The van der Waals surface area contributed by atoms with Gasteiger partial charge in [0.2, 0.25) is 0 Å². The highest BCUT2D eigenvalue weighted by Crippen LogP contribution is 2.19. The Kier molecular flexibility index (Phi) is 3.02. The second kappa shape index (κ2) is 4.45. The molecule has 2 rings (SSSR count). The molecule has 0 saturated heterocycles. The molecular formula is C11H16N4. The Morgan fingerprint density at radius 3 is 3.07 bits per heavy atom. The topological polar surface area (TPSA) is 53.6 Å². The van der Waals surface area contributed by atoms with Crippen LogP contribution in [0.15, 0.2) is 12.4 Å². The SMILES string of the molecule is Cc1nccn1CCC(C#N)NC1CC1. The minimum absolute atomic E-state index is 0.0145. The standard InChI is InChI=1S/C11H16N4/c1-9-13-5-7-15(9)6-4-11(8-12)14-10-2-3-10/h5,7,10-11,14H,2-4,6H2,1H3. The molecule has 1 saturated carbocycles. The van der Waals surface area contributed by atoms with E-state index in [1.807, 2.05) is 13.1 Å². The normalized spacial score (nSPS) is 17.3. The van der Waals surface area contributed by atoms with Crippen molar-refractivity contribution in [2.24, 2.45) is 0 Å². The highest BCUT2D eigenvalue weighted by atomic mass is 15.1. The van der Waals surface area contributed by atoms with E-state index in [4.69, 9.17) is 5.26 Å². The summed E-state index contributed by atoms with van der Waals surface area (Å²) in [7, 11) is 0. The Bertz CT molecular complexity index is 359. The fraction of sp³-hybridized carbons (Fsp3) is 0.636. The van der Waals surface area contributed by atoms with Gasteiger partial charge >= 0.3 is 0 Å². The lowest BCUT2D eigenvalue weighted by molar-refractivity contribution is 0.510. The van der Waals surface area contributed by atoms with Crippen LogP contribution in [-0.4, -0.2) is 21.6 Å². The van der Waals surface area contributed by atoms with E-state index in [1.54, 1.807) is 6.20 Å². The molecule has 1 unspecified atom stereocenters. The number of imidazole rings is 1. The molecule has 15 heavy (non-hydrogen) atoms. The van der Waals surface area contributed by atoms with Crippen molar-refractivity contribution in [1.82, 2.24) is 14.9 Å². The molecule has 0 bridgehead atoms. The van der Waals surface area contributed by atoms with E-state index in [0.29, 0.717) is 6.04 Å². The summed E-state index contributed by atoms with van der Waals surface area (Å²) >= 11 is 0. The van der Waals surface area contributed by atoms with Crippen molar-refractivity contribution in [3.8, 4) is 6.07 Å². The number of nitrogens with zero attached hydrogens (tertiary/aromatic N) is 3. The number of hydrogen-bond acceptors (Lipinski definition) is 3. The van der Waals surface area contributed by atoms with Crippen LogP contribution in [0, 0.1) is 18.3 Å². The third-order valence-electron chi connectivity index (χ3n) is 2.75. The predicted octanol–water partition coefficient (Wildman–Crippen LogP) is 1.23. The Labute approximate surface area is 89.9 Å². The molecule has 1 aromatic rings. The summed E-state index contributed by atoms with van der Waals surface area (Å²) in [6.07, 6.45) is 7.06. The number of nitriles is 1. The van der Waals surface area contributed by atoms with Crippen LogP contribution in [0.25, 0.3) is 0 Å². The highest BCUT2D eigenvalue weighted by Gasteiger charge is 2.24. The van der Waals surface area contributed by atoms with Crippen molar-refractivity contribution >= 4 is 0 Å². The van der Waals surface area contributed by atoms with Gasteiger partial charge in [0.25, 0.3) is 0 Å². The average Bonchev–Trinajstić information content (AvgIpc) is 2.96. The van der Waals surface area contributed by atoms with Crippen molar-refractivity contribution in [2.75, 3.05) is 0 Å². The van der Waals surface area contributed by atoms with Crippen LogP contribution in [0.3, 0.4) is 0 Å². The van der Waals surface area contributed by atoms with Gasteiger partial charge in [0.15, 0.2) is 0 Å². The molecule has 1 aromatic heterocycles. The molecule has 4 heteroatoms. The van der Waals surface area contributed by atoms with Crippen LogP contribution in [0.1, 0.15) is 25.1 Å². The summed E-state index contributed by atoms with van der Waals surface area (Å²) in [6.45, 7) is 2.85. The maximum absolute atomic E-state index is 8.96. The molecule has 0 aromatic carbocycles. The summed E-state index contributed by atoms with van der Waals surface area (Å²) in [4.78, 5) is 4.15. The molecular weight excluding hydrogens is 188 g/mol. The quantitative estimate of drug-likeness (QED) is 0.784. The van der Waals surface area contributed by atoms with Crippen molar-refractivity contribution in [3.63, 3.8) is 0 Å². The first-order valence-electron chi connectivity index (χ1n) is 5.43. The van der Waals surface area contributed by atoms with Crippen LogP contribution in [0.4, 0.5) is 0 Å². The van der Waals surface area contributed by atoms with Gasteiger partial charge in [0, 0.05) is 25.0 Å². The molecule has 1 heterocycles. The summed E-state index contributed by atoms with van der Waals surface area (Å²) in [6, 6.07) is 2.89. The molecule has 1 N–H and O–H groups in total. The van der Waals surface area contributed by atoms with E-state index in [9.17, 15) is 0 Å². The van der Waals surface area contributed by atoms with Gasteiger partial charge in [-0.1, -0.05) is 0 Å². The zero-order valence-electron chi connectivity index (χ0n) is 8.98. The van der Waals surface area contributed by atoms with Crippen LogP contribution in [-0.2, 0) is 6.54 Å². The zero-order chi connectivity index (χ0) is 10.7. The van der Waals surface area contributed by atoms with E-state index in [1.165, 1.54) is 12.8 Å². The second-order valence-corrected chi connectivity index (χ2v) is 4.08. The first-order valence-corrected chi connectivity index (χ1v) is 5.43. The Morgan fingerprint density at radius 2 is 2.53 bits per heavy atom. The third-order valence-corrected chi connectivity index (χ3v) is 2.75. The lowest BCUT2D eigenvalue weighted by atomic mass is 10.2. The summed E-state index contributed by atoms with van der Waals surface area (Å²) in [5.41, 5.74) is 0. The van der Waals surface area contributed by atoms with Crippen molar-refractivity contribution in [2.45, 2.75) is 44.8 Å². The Balaban J connectivity index is 1.80. The number of rotatable bonds is 5. The molecule has 1 atom stereocenters. The molecule has 80 valence electrons. The molecule has 0 aliphatic heterocycles. The molecule has 1 aliphatic carbocycles. The first kappa shape index (κ1) is 10.2. The summed E-state index contributed by atoms with van der Waals surface area (Å²) < 4.78 is 2.08. The molecule has 4 nitrogen and oxygen atoms in total. The minimum atomic E-state index is -0.0145. The van der Waals surface area contributed by atoms with E-state index in [-0.39, 0.29) is 6.04 Å². The maximum Gasteiger partial charge on any atom is 0.105 e. The van der Waals surface area contributed by atoms with Gasteiger partial charge in [-0.25, -0.2) is 4.98 Å². The Morgan fingerprint density at radius 1 is 1.73 bits per heavy atom. The maximum atomic E-state index is 8.96. The van der Waals surface area contributed by atoms with Gasteiger partial charge in [0.1, 0.15) is 5.82 Å². The minimum Gasteiger partial charge on any atom is -0.335 e. The van der Waals surface area contributed by atoms with E-state index < -0.39 is 0 Å². The van der Waals surface area contributed by atoms with Gasteiger partial charge < -0.3 is 4.57 Å². The predicted molar refractivity (Wildman–Crippen MR) is 57.1 cm³/mol. The van der Waals surface area contributed by atoms with Crippen molar-refractivity contribution in [3.05, 3.63) is 18.2 Å². The van der Waals surface area contributed by atoms with Crippen molar-refractivity contribution < 1.29 is 0 Å². The molecule has 0 amide bonds. The number of aryl methyl sites for hydroxylation is 2. The van der Waals surface area contributed by atoms with Crippen LogP contribution in [0.5, 0.6) is 0 Å². The van der Waals surface area contributed by atoms with Gasteiger partial charge in [-0.3, -0.25) is 5.32 Å². The number of hydrogen-bond donors (Lipinski definition) is 1. The van der Waals surface area contributed by atoms with Gasteiger partial charge in [-0.05, 0) is 26.2 Å². The van der Waals surface area contributed by atoms with Crippen LogP contribution >= 0.6 is 0 Å². The lowest BCUT2D eigenvalue weighted by Crippen LogP contribution is -2.30. The van der Waals surface area contributed by atoms with Gasteiger partial charge in [-0.2, -0.15) is 5.26 Å². The Hall–Kier alpha value is -1.34. The lowest BCUT2D eigenvalue weighted by Gasteiger charge is -2.11. The summed E-state index contributed by atoms with van der Waals surface area (Å²) in [5.74, 6) is 1.01. The van der Waals surface area contributed by atoms with Gasteiger partial charge in [-0.15, -0.1) is 0 Å². The van der Waals surface area contributed by atoms with E-state index >= 15 is 0 Å². The van der Waals surface area contributed by atoms with Gasteiger partial charge in [0.05, 0.1) is 12.1 Å². The van der Waals surface area contributed by atoms with E-state index in [2.05, 4.69) is 20.9 Å².